The van der Waals surface area contributed by atoms with Crippen molar-refractivity contribution >= 4 is 35.0 Å². The monoisotopic (exact) mass is 507 g/mol. The first-order valence-electron chi connectivity index (χ1n) is 10.9. The Morgan fingerprint density at radius 2 is 1.89 bits per heavy atom. The van der Waals surface area contributed by atoms with E-state index in [1.54, 1.807) is 56.3 Å². The standard InChI is InChI=1S/C25H21N3O7S/c1-4-34-24(31)21-14(2)26-25-27(22(21)16-9-11-18(12-10-16)35-15(3)29)23(30)20(36-25)13-17-7-5-6-8-19(17)28(32)33/h5-13,22H,4H2,1-3H3/b20-13+. The molecule has 1 aromatic heterocycles. The summed E-state index contributed by atoms with van der Waals surface area (Å²) in [5.41, 5.74) is 0.838. The number of carbonyl (C=O) groups excluding carboxylic acids is 2. The predicted molar refractivity (Wildman–Crippen MR) is 131 cm³/mol. The van der Waals surface area contributed by atoms with Crippen LogP contribution in [-0.4, -0.2) is 28.0 Å². The summed E-state index contributed by atoms with van der Waals surface area (Å²) in [6.45, 7) is 4.76. The number of ether oxygens (including phenoxy) is 2. The van der Waals surface area contributed by atoms with Crippen molar-refractivity contribution in [3.05, 3.63) is 101 Å². The number of nitro groups is 1. The largest absolute Gasteiger partial charge is 0.463 e. The minimum Gasteiger partial charge on any atom is -0.463 e. The number of fused-ring (bicyclic) bond motifs is 1. The van der Waals surface area contributed by atoms with E-state index in [1.165, 1.54) is 23.6 Å². The predicted octanol–water partition coefficient (Wildman–Crippen LogP) is 2.63. The van der Waals surface area contributed by atoms with E-state index in [9.17, 15) is 24.5 Å². The van der Waals surface area contributed by atoms with Crippen LogP contribution in [0.15, 0.2) is 69.6 Å². The number of aromatic nitrogens is 1. The highest BCUT2D eigenvalue weighted by Gasteiger charge is 2.33. The molecule has 1 atom stereocenters. The summed E-state index contributed by atoms with van der Waals surface area (Å²) in [7, 11) is 0. The number of nitro benzene ring substituents is 1. The van der Waals surface area contributed by atoms with Crippen LogP contribution in [0.1, 0.15) is 37.9 Å². The number of esters is 2. The number of nitrogens with zero attached hydrogens (tertiary/aromatic N) is 3. The second kappa shape index (κ2) is 10.1. The highest BCUT2D eigenvalue weighted by atomic mass is 32.1. The van der Waals surface area contributed by atoms with Crippen molar-refractivity contribution in [2.75, 3.05) is 6.61 Å². The Morgan fingerprint density at radius 1 is 1.19 bits per heavy atom. The minimum absolute atomic E-state index is 0.135. The Balaban J connectivity index is 1.93. The molecule has 0 spiro atoms. The molecule has 0 bridgehead atoms. The van der Waals surface area contributed by atoms with Crippen LogP contribution < -0.4 is 19.6 Å². The molecule has 0 saturated heterocycles. The van der Waals surface area contributed by atoms with E-state index in [1.807, 2.05) is 0 Å². The van der Waals surface area contributed by atoms with Crippen LogP contribution in [0.4, 0.5) is 5.69 Å². The maximum Gasteiger partial charge on any atom is 0.338 e. The van der Waals surface area contributed by atoms with E-state index >= 15 is 0 Å². The first kappa shape index (κ1) is 24.7. The fourth-order valence-corrected chi connectivity index (χ4v) is 4.95. The van der Waals surface area contributed by atoms with E-state index < -0.39 is 28.5 Å². The summed E-state index contributed by atoms with van der Waals surface area (Å²) in [5, 5.41) is 11.4. The molecule has 184 valence electrons. The van der Waals surface area contributed by atoms with E-state index in [4.69, 9.17) is 9.47 Å². The van der Waals surface area contributed by atoms with E-state index in [0.717, 1.165) is 11.3 Å². The molecule has 11 heteroatoms. The molecule has 0 N–H and O–H groups in total. The van der Waals surface area contributed by atoms with Crippen molar-refractivity contribution in [1.29, 1.82) is 0 Å². The zero-order chi connectivity index (χ0) is 26.0. The summed E-state index contributed by atoms with van der Waals surface area (Å²) in [4.78, 5) is 53.6. The van der Waals surface area contributed by atoms with Gasteiger partial charge in [0.2, 0.25) is 0 Å². The van der Waals surface area contributed by atoms with Gasteiger partial charge in [0.25, 0.3) is 11.2 Å². The SMILES string of the molecule is CCOC(=O)C1=C(C)N=c2s/c(=C/c3ccccc3[N+](=O)[O-])c(=O)n2C1c1ccc(OC(C)=O)cc1. The van der Waals surface area contributed by atoms with Gasteiger partial charge in [-0.2, -0.15) is 0 Å². The van der Waals surface area contributed by atoms with Crippen LogP contribution in [-0.2, 0) is 14.3 Å². The first-order valence-corrected chi connectivity index (χ1v) is 11.7. The summed E-state index contributed by atoms with van der Waals surface area (Å²) in [6.07, 6.45) is 1.45. The van der Waals surface area contributed by atoms with Crippen molar-refractivity contribution in [1.82, 2.24) is 4.57 Å². The topological polar surface area (TPSA) is 130 Å². The molecule has 2 heterocycles. The Bertz CT molecular complexity index is 1580. The molecule has 0 radical (unpaired) electrons. The van der Waals surface area contributed by atoms with Gasteiger partial charge in [-0.15, -0.1) is 0 Å². The van der Waals surface area contributed by atoms with Crippen molar-refractivity contribution in [2.24, 2.45) is 4.99 Å². The number of hydrogen-bond acceptors (Lipinski definition) is 9. The molecule has 0 aliphatic carbocycles. The van der Waals surface area contributed by atoms with Crippen molar-refractivity contribution in [3.63, 3.8) is 0 Å². The van der Waals surface area contributed by atoms with Gasteiger partial charge in [-0.25, -0.2) is 9.79 Å². The van der Waals surface area contributed by atoms with Crippen molar-refractivity contribution in [3.8, 4) is 5.75 Å². The lowest BCUT2D eigenvalue weighted by atomic mass is 9.96. The third-order valence-corrected chi connectivity index (χ3v) is 6.38. The molecule has 1 unspecified atom stereocenters. The number of benzene rings is 2. The van der Waals surface area contributed by atoms with E-state index in [0.29, 0.717) is 21.8 Å². The molecule has 10 nitrogen and oxygen atoms in total. The smallest absolute Gasteiger partial charge is 0.338 e. The third-order valence-electron chi connectivity index (χ3n) is 5.39. The highest BCUT2D eigenvalue weighted by molar-refractivity contribution is 7.07. The lowest BCUT2D eigenvalue weighted by Crippen LogP contribution is -2.39. The molecule has 3 aromatic rings. The molecule has 0 amide bonds. The molecule has 4 rings (SSSR count). The molecule has 2 aromatic carbocycles. The molecule has 1 aliphatic heterocycles. The van der Waals surface area contributed by atoms with E-state index in [2.05, 4.69) is 4.99 Å². The maximum atomic E-state index is 13.6. The van der Waals surface area contributed by atoms with Crippen molar-refractivity contribution < 1.29 is 24.0 Å². The highest BCUT2D eigenvalue weighted by Crippen LogP contribution is 2.31. The van der Waals surface area contributed by atoms with Gasteiger partial charge in [0.1, 0.15) is 5.75 Å². The summed E-state index contributed by atoms with van der Waals surface area (Å²) >= 11 is 1.07. The molecular weight excluding hydrogens is 486 g/mol. The number of thiazole rings is 1. The lowest BCUT2D eigenvalue weighted by molar-refractivity contribution is -0.385. The number of allylic oxidation sites excluding steroid dienone is 1. The second-order valence-corrected chi connectivity index (χ2v) is 8.79. The molecule has 36 heavy (non-hydrogen) atoms. The summed E-state index contributed by atoms with van der Waals surface area (Å²) in [6, 6.07) is 11.7. The number of rotatable bonds is 6. The molecule has 0 fully saturated rings. The number of carbonyl (C=O) groups is 2. The molecular formula is C25H21N3O7S. The summed E-state index contributed by atoms with van der Waals surface area (Å²) < 4.78 is 12.0. The minimum atomic E-state index is -0.861. The maximum absolute atomic E-state index is 13.6. The van der Waals surface area contributed by atoms with Crippen LogP contribution in [0.25, 0.3) is 6.08 Å². The van der Waals surface area contributed by atoms with Crippen molar-refractivity contribution in [2.45, 2.75) is 26.8 Å². The average molecular weight is 508 g/mol. The van der Waals surface area contributed by atoms with Crippen LogP contribution in [0, 0.1) is 10.1 Å². The fraction of sp³-hybridized carbons (Fsp3) is 0.200. The Kier molecular flexibility index (Phi) is 6.93. The number of hydrogen-bond donors (Lipinski definition) is 0. The van der Waals surface area contributed by atoms with Crippen LogP contribution in [0.3, 0.4) is 0 Å². The van der Waals surface area contributed by atoms with Gasteiger partial charge in [0.15, 0.2) is 4.80 Å². The normalized spacial score (nSPS) is 15.2. The van der Waals surface area contributed by atoms with Gasteiger partial charge >= 0.3 is 11.9 Å². The van der Waals surface area contributed by atoms with E-state index in [-0.39, 0.29) is 28.0 Å². The zero-order valence-electron chi connectivity index (χ0n) is 19.6. The molecule has 1 aliphatic rings. The Morgan fingerprint density at radius 3 is 2.53 bits per heavy atom. The van der Waals surface area contributed by atoms with Crippen LogP contribution >= 0.6 is 11.3 Å². The summed E-state index contributed by atoms with van der Waals surface area (Å²) in [5.74, 6) is -0.775. The van der Waals surface area contributed by atoms with Gasteiger partial charge in [0.05, 0.1) is 38.9 Å². The first-order chi connectivity index (χ1) is 17.2. The second-order valence-electron chi connectivity index (χ2n) is 7.78. The van der Waals surface area contributed by atoms with Gasteiger partial charge in [0, 0.05) is 13.0 Å². The fourth-order valence-electron chi connectivity index (χ4n) is 3.91. The van der Waals surface area contributed by atoms with Gasteiger partial charge in [-0.05, 0) is 43.7 Å². The van der Waals surface area contributed by atoms with Crippen LogP contribution in [0.5, 0.6) is 5.75 Å². The Hall–Kier alpha value is -4.38. The van der Waals surface area contributed by atoms with Gasteiger partial charge in [-0.3, -0.25) is 24.3 Å². The Labute approximate surface area is 208 Å². The zero-order valence-corrected chi connectivity index (χ0v) is 20.4. The van der Waals surface area contributed by atoms with Gasteiger partial charge < -0.3 is 9.47 Å². The van der Waals surface area contributed by atoms with Crippen LogP contribution in [0.2, 0.25) is 0 Å². The number of para-hydroxylation sites is 1. The molecule has 0 saturated carbocycles. The quantitative estimate of drug-likeness (QED) is 0.217. The average Bonchev–Trinajstić information content (AvgIpc) is 3.13. The third kappa shape index (κ3) is 4.73. The lowest BCUT2D eigenvalue weighted by Gasteiger charge is -2.24. The van der Waals surface area contributed by atoms with Gasteiger partial charge in [-0.1, -0.05) is 35.6 Å².